The van der Waals surface area contributed by atoms with E-state index in [9.17, 15) is 4.39 Å². The van der Waals surface area contributed by atoms with Gasteiger partial charge in [-0.3, -0.25) is 0 Å². The molecule has 0 amide bonds. The number of hydrogen-bond acceptors (Lipinski definition) is 7. The Morgan fingerprint density at radius 1 is 1.05 bits per heavy atom. The summed E-state index contributed by atoms with van der Waals surface area (Å²) in [6.45, 7) is 5.29. The van der Waals surface area contributed by atoms with E-state index in [2.05, 4.69) is 36.1 Å². The van der Waals surface area contributed by atoms with Gasteiger partial charge in [0, 0.05) is 13.1 Å². The van der Waals surface area contributed by atoms with Crippen molar-refractivity contribution in [2.75, 3.05) is 29.1 Å². The van der Waals surface area contributed by atoms with E-state index in [-0.39, 0.29) is 5.82 Å². The zero-order valence-corrected chi connectivity index (χ0v) is 12.5. The molecule has 0 saturated carbocycles. The number of benzene rings is 1. The van der Waals surface area contributed by atoms with Crippen LogP contribution in [0, 0.1) is 5.82 Å². The molecule has 1 aromatic carbocycles. The molecular weight excluding hydrogens is 285 g/mol. The summed E-state index contributed by atoms with van der Waals surface area (Å²) in [5.74, 6) is 0.899. The second kappa shape index (κ2) is 7.87. The van der Waals surface area contributed by atoms with Gasteiger partial charge in [-0.2, -0.15) is 20.1 Å². The van der Waals surface area contributed by atoms with Crippen molar-refractivity contribution in [2.45, 2.75) is 13.8 Å². The highest BCUT2D eigenvalue weighted by Gasteiger charge is 2.04. The fraction of sp³-hybridized carbons (Fsp3) is 0.286. The molecule has 22 heavy (non-hydrogen) atoms. The SMILES string of the molecule is CCNc1nc(NCC)nc(N/N=C/c2cccc(F)c2)n1. The van der Waals surface area contributed by atoms with Crippen molar-refractivity contribution in [3.63, 3.8) is 0 Å². The third-order valence-corrected chi connectivity index (χ3v) is 2.53. The van der Waals surface area contributed by atoms with Crippen LogP contribution in [-0.2, 0) is 0 Å². The molecule has 2 aromatic rings. The van der Waals surface area contributed by atoms with Crippen molar-refractivity contribution in [3.8, 4) is 0 Å². The van der Waals surface area contributed by atoms with E-state index in [0.29, 0.717) is 36.5 Å². The van der Waals surface area contributed by atoms with Crippen LogP contribution in [0.25, 0.3) is 0 Å². The van der Waals surface area contributed by atoms with Gasteiger partial charge in [-0.05, 0) is 31.5 Å². The second-order valence-electron chi connectivity index (χ2n) is 4.29. The minimum atomic E-state index is -0.312. The largest absolute Gasteiger partial charge is 0.354 e. The van der Waals surface area contributed by atoms with Crippen molar-refractivity contribution in [1.29, 1.82) is 0 Å². The summed E-state index contributed by atoms with van der Waals surface area (Å²) < 4.78 is 13.1. The third-order valence-electron chi connectivity index (χ3n) is 2.53. The van der Waals surface area contributed by atoms with Crippen LogP contribution in [0.2, 0.25) is 0 Å². The highest BCUT2D eigenvalue weighted by atomic mass is 19.1. The monoisotopic (exact) mass is 303 g/mol. The van der Waals surface area contributed by atoms with Crippen molar-refractivity contribution >= 4 is 24.1 Å². The molecule has 116 valence electrons. The van der Waals surface area contributed by atoms with Crippen LogP contribution in [0.15, 0.2) is 29.4 Å². The molecule has 1 aromatic heterocycles. The quantitative estimate of drug-likeness (QED) is 0.537. The first-order chi connectivity index (χ1) is 10.7. The van der Waals surface area contributed by atoms with Crippen LogP contribution in [0.5, 0.6) is 0 Å². The van der Waals surface area contributed by atoms with Gasteiger partial charge in [-0.15, -0.1) is 0 Å². The first kappa shape index (κ1) is 15.6. The van der Waals surface area contributed by atoms with E-state index in [1.165, 1.54) is 18.3 Å². The molecule has 1 heterocycles. The predicted octanol–water partition coefficient (Wildman–Crippen LogP) is 2.32. The van der Waals surface area contributed by atoms with Crippen LogP contribution < -0.4 is 16.1 Å². The van der Waals surface area contributed by atoms with Gasteiger partial charge in [-0.1, -0.05) is 12.1 Å². The fourth-order valence-corrected chi connectivity index (χ4v) is 1.65. The van der Waals surface area contributed by atoms with Gasteiger partial charge in [-0.25, -0.2) is 9.82 Å². The minimum absolute atomic E-state index is 0.301. The lowest BCUT2D eigenvalue weighted by Crippen LogP contribution is -2.10. The Morgan fingerprint density at radius 3 is 2.27 bits per heavy atom. The predicted molar refractivity (Wildman–Crippen MR) is 85.8 cm³/mol. The van der Waals surface area contributed by atoms with E-state index in [0.717, 1.165) is 0 Å². The molecule has 0 radical (unpaired) electrons. The summed E-state index contributed by atoms with van der Waals surface area (Å²) in [5, 5.41) is 10.0. The molecule has 8 heteroatoms. The van der Waals surface area contributed by atoms with Gasteiger partial charge >= 0.3 is 0 Å². The van der Waals surface area contributed by atoms with Crippen molar-refractivity contribution < 1.29 is 4.39 Å². The topological polar surface area (TPSA) is 87.1 Å². The van der Waals surface area contributed by atoms with E-state index < -0.39 is 0 Å². The maximum atomic E-state index is 13.1. The molecule has 0 aliphatic rings. The standard InChI is InChI=1S/C14H18FN7/c1-3-16-12-19-13(17-4-2)21-14(20-12)22-18-9-10-6-5-7-11(15)8-10/h5-9H,3-4H2,1-2H3,(H3,16,17,19,20,21,22)/b18-9+. The van der Waals surface area contributed by atoms with Crippen LogP contribution >= 0.6 is 0 Å². The molecule has 2 rings (SSSR count). The number of anilines is 3. The number of halogens is 1. The lowest BCUT2D eigenvalue weighted by molar-refractivity contribution is 0.627. The average Bonchev–Trinajstić information content (AvgIpc) is 2.48. The number of nitrogens with zero attached hydrogens (tertiary/aromatic N) is 4. The Balaban J connectivity index is 2.10. The van der Waals surface area contributed by atoms with Gasteiger partial charge < -0.3 is 10.6 Å². The van der Waals surface area contributed by atoms with Gasteiger partial charge in [0.25, 0.3) is 0 Å². The molecule has 7 nitrogen and oxygen atoms in total. The van der Waals surface area contributed by atoms with Crippen LogP contribution in [-0.4, -0.2) is 34.3 Å². The van der Waals surface area contributed by atoms with E-state index >= 15 is 0 Å². The van der Waals surface area contributed by atoms with Crippen molar-refractivity contribution in [1.82, 2.24) is 15.0 Å². The minimum Gasteiger partial charge on any atom is -0.354 e. The molecule has 0 unspecified atom stereocenters. The summed E-state index contributed by atoms with van der Waals surface area (Å²) in [6, 6.07) is 6.12. The number of rotatable bonds is 7. The molecule has 0 saturated heterocycles. The molecule has 0 aliphatic carbocycles. The Hall–Kier alpha value is -2.77. The van der Waals surface area contributed by atoms with Gasteiger partial charge in [0.2, 0.25) is 17.8 Å². The molecular formula is C14H18FN7. The van der Waals surface area contributed by atoms with Crippen molar-refractivity contribution in [2.24, 2.45) is 5.10 Å². The number of hydrazone groups is 1. The molecule has 0 fully saturated rings. The first-order valence-electron chi connectivity index (χ1n) is 6.99. The average molecular weight is 303 g/mol. The Bertz CT molecular complexity index is 621. The van der Waals surface area contributed by atoms with Crippen LogP contribution in [0.1, 0.15) is 19.4 Å². The Kier molecular flexibility index (Phi) is 5.58. The summed E-state index contributed by atoms with van der Waals surface area (Å²) in [4.78, 5) is 12.6. The highest BCUT2D eigenvalue weighted by molar-refractivity contribution is 5.79. The van der Waals surface area contributed by atoms with E-state index in [4.69, 9.17) is 0 Å². The van der Waals surface area contributed by atoms with E-state index in [1.807, 2.05) is 13.8 Å². The maximum Gasteiger partial charge on any atom is 0.250 e. The van der Waals surface area contributed by atoms with E-state index in [1.54, 1.807) is 12.1 Å². The number of aromatic nitrogens is 3. The maximum absolute atomic E-state index is 13.1. The zero-order chi connectivity index (χ0) is 15.8. The van der Waals surface area contributed by atoms with Gasteiger partial charge in [0.1, 0.15) is 5.82 Å². The lowest BCUT2D eigenvalue weighted by Gasteiger charge is -2.07. The lowest BCUT2D eigenvalue weighted by atomic mass is 10.2. The smallest absolute Gasteiger partial charge is 0.250 e. The van der Waals surface area contributed by atoms with Gasteiger partial charge in [0.15, 0.2) is 0 Å². The van der Waals surface area contributed by atoms with Gasteiger partial charge in [0.05, 0.1) is 6.21 Å². The molecule has 0 atom stereocenters. The molecule has 0 spiro atoms. The Morgan fingerprint density at radius 2 is 1.68 bits per heavy atom. The molecule has 0 bridgehead atoms. The van der Waals surface area contributed by atoms with Crippen LogP contribution in [0.4, 0.5) is 22.2 Å². The third kappa shape index (κ3) is 4.65. The van der Waals surface area contributed by atoms with Crippen molar-refractivity contribution in [3.05, 3.63) is 35.6 Å². The summed E-state index contributed by atoms with van der Waals surface area (Å²) in [5.41, 5.74) is 3.35. The second-order valence-corrected chi connectivity index (χ2v) is 4.29. The number of nitrogens with one attached hydrogen (secondary N) is 3. The highest BCUT2D eigenvalue weighted by Crippen LogP contribution is 2.09. The molecule has 3 N–H and O–H groups in total. The number of hydrogen-bond donors (Lipinski definition) is 3. The Labute approximate surface area is 128 Å². The normalized spacial score (nSPS) is 10.7. The summed E-state index contributed by atoms with van der Waals surface area (Å²) in [6.07, 6.45) is 1.49. The summed E-state index contributed by atoms with van der Waals surface area (Å²) in [7, 11) is 0. The molecule has 0 aliphatic heterocycles. The summed E-state index contributed by atoms with van der Waals surface area (Å²) >= 11 is 0. The fourth-order valence-electron chi connectivity index (χ4n) is 1.65. The zero-order valence-electron chi connectivity index (χ0n) is 12.5. The van der Waals surface area contributed by atoms with Crippen LogP contribution in [0.3, 0.4) is 0 Å². The first-order valence-corrected chi connectivity index (χ1v) is 6.99.